The fourth-order valence-corrected chi connectivity index (χ4v) is 1.24. The minimum Gasteiger partial charge on any atom is -0.421 e. The van der Waals surface area contributed by atoms with Gasteiger partial charge >= 0.3 is 6.01 Å². The highest BCUT2D eigenvalue weighted by molar-refractivity contribution is 5.18. The van der Waals surface area contributed by atoms with E-state index in [9.17, 15) is 0 Å². The van der Waals surface area contributed by atoms with Crippen LogP contribution in [0.5, 0.6) is 11.8 Å². The molecule has 0 saturated heterocycles. The Morgan fingerprint density at radius 3 is 2.53 bits per heavy atom. The van der Waals surface area contributed by atoms with E-state index in [1.54, 1.807) is 17.1 Å². The molecule has 0 atom stereocenters. The molecule has 6 nitrogen and oxygen atoms in total. The molecule has 0 aliphatic rings. The summed E-state index contributed by atoms with van der Waals surface area (Å²) in [4.78, 5) is 7.94. The molecule has 0 unspecified atom stereocenters. The van der Waals surface area contributed by atoms with Gasteiger partial charge in [0.25, 0.3) is 0 Å². The summed E-state index contributed by atoms with van der Waals surface area (Å²) in [5.74, 6) is 0.593. The second-order valence-electron chi connectivity index (χ2n) is 3.88. The molecule has 1 N–H and O–H groups in total. The maximum Gasteiger partial charge on any atom is 0.321 e. The Labute approximate surface area is 98.9 Å². The van der Waals surface area contributed by atoms with Crippen LogP contribution in [0, 0.1) is 0 Å². The van der Waals surface area contributed by atoms with Crippen molar-refractivity contribution in [2.75, 3.05) is 0 Å². The number of rotatable bonds is 4. The van der Waals surface area contributed by atoms with E-state index in [-0.39, 0.29) is 18.7 Å². The highest BCUT2D eigenvalue weighted by atomic mass is 16.5. The number of aliphatic hydroxyl groups excluding tert-OH is 1. The number of ether oxygens (including phenoxy) is 1. The molecule has 2 heterocycles. The van der Waals surface area contributed by atoms with Crippen LogP contribution in [0.4, 0.5) is 0 Å². The first-order valence-corrected chi connectivity index (χ1v) is 5.33. The average molecular weight is 234 g/mol. The van der Waals surface area contributed by atoms with Crippen molar-refractivity contribution in [2.45, 2.75) is 26.5 Å². The third-order valence-electron chi connectivity index (χ3n) is 2.18. The molecule has 2 rings (SSSR count). The van der Waals surface area contributed by atoms with Crippen LogP contribution >= 0.6 is 0 Å². The normalized spacial score (nSPS) is 10.8. The number of nitrogens with zero attached hydrogens (tertiary/aromatic N) is 4. The lowest BCUT2D eigenvalue weighted by Crippen LogP contribution is -1.99. The maximum absolute atomic E-state index is 8.85. The van der Waals surface area contributed by atoms with Gasteiger partial charge in [0, 0.05) is 24.0 Å². The molecule has 0 aliphatic heterocycles. The fourth-order valence-electron chi connectivity index (χ4n) is 1.24. The predicted octanol–water partition coefficient (Wildman–Crippen LogP) is 1.54. The van der Waals surface area contributed by atoms with Crippen LogP contribution in [-0.4, -0.2) is 24.9 Å². The van der Waals surface area contributed by atoms with Crippen molar-refractivity contribution < 1.29 is 9.84 Å². The van der Waals surface area contributed by atoms with Gasteiger partial charge in [-0.05, 0) is 13.8 Å². The lowest BCUT2D eigenvalue weighted by molar-refractivity contribution is 0.280. The minimum atomic E-state index is -0.0778. The number of aliphatic hydroxyl groups is 1. The van der Waals surface area contributed by atoms with Crippen molar-refractivity contribution >= 4 is 0 Å². The zero-order valence-electron chi connectivity index (χ0n) is 9.74. The van der Waals surface area contributed by atoms with Gasteiger partial charge in [0.15, 0.2) is 5.75 Å². The molecular weight excluding hydrogens is 220 g/mol. The quantitative estimate of drug-likeness (QED) is 0.868. The highest BCUT2D eigenvalue weighted by Gasteiger charge is 2.05. The molecule has 17 heavy (non-hydrogen) atoms. The SMILES string of the molecule is CC(C)n1cc(Oc2ncc(CO)cn2)cn1. The van der Waals surface area contributed by atoms with Gasteiger partial charge in [-0.1, -0.05) is 0 Å². The van der Waals surface area contributed by atoms with E-state index in [0.717, 1.165) is 0 Å². The molecule has 90 valence electrons. The van der Waals surface area contributed by atoms with E-state index in [4.69, 9.17) is 9.84 Å². The van der Waals surface area contributed by atoms with Crippen LogP contribution in [0.2, 0.25) is 0 Å². The Bertz CT molecular complexity index is 478. The van der Waals surface area contributed by atoms with Gasteiger partial charge in [-0.25, -0.2) is 9.97 Å². The Morgan fingerprint density at radius 2 is 2.00 bits per heavy atom. The van der Waals surface area contributed by atoms with E-state index < -0.39 is 0 Å². The first-order chi connectivity index (χ1) is 8.19. The third-order valence-corrected chi connectivity index (χ3v) is 2.18. The van der Waals surface area contributed by atoms with Gasteiger partial charge in [0.05, 0.1) is 19.0 Å². The molecule has 6 heteroatoms. The molecule has 0 saturated carbocycles. The number of hydrogen-bond donors (Lipinski definition) is 1. The summed E-state index contributed by atoms with van der Waals surface area (Å²) in [6, 6.07) is 0.524. The van der Waals surface area contributed by atoms with E-state index in [0.29, 0.717) is 11.3 Å². The Hall–Kier alpha value is -1.95. The Morgan fingerprint density at radius 1 is 1.29 bits per heavy atom. The van der Waals surface area contributed by atoms with Crippen molar-refractivity contribution in [1.29, 1.82) is 0 Å². The summed E-state index contributed by atoms with van der Waals surface area (Å²) in [5, 5.41) is 13.0. The van der Waals surface area contributed by atoms with Crippen molar-refractivity contribution in [3.05, 3.63) is 30.4 Å². The van der Waals surface area contributed by atoms with Crippen molar-refractivity contribution in [3.8, 4) is 11.8 Å². The molecule has 0 amide bonds. The van der Waals surface area contributed by atoms with Crippen LogP contribution in [0.3, 0.4) is 0 Å². The van der Waals surface area contributed by atoms with Crippen LogP contribution < -0.4 is 4.74 Å². The van der Waals surface area contributed by atoms with Crippen LogP contribution in [0.15, 0.2) is 24.8 Å². The average Bonchev–Trinajstić information content (AvgIpc) is 2.79. The third kappa shape index (κ3) is 2.79. The first kappa shape index (κ1) is 11.5. The highest BCUT2D eigenvalue weighted by Crippen LogP contribution is 2.17. The van der Waals surface area contributed by atoms with Crippen molar-refractivity contribution in [3.63, 3.8) is 0 Å². The van der Waals surface area contributed by atoms with E-state index in [1.165, 1.54) is 12.4 Å². The maximum atomic E-state index is 8.85. The van der Waals surface area contributed by atoms with Gasteiger partial charge < -0.3 is 9.84 Å². The molecule has 0 bridgehead atoms. The van der Waals surface area contributed by atoms with Gasteiger partial charge in [-0.2, -0.15) is 5.10 Å². The zero-order valence-corrected chi connectivity index (χ0v) is 9.74. The Balaban J connectivity index is 2.08. The van der Waals surface area contributed by atoms with Crippen LogP contribution in [0.1, 0.15) is 25.5 Å². The first-order valence-electron chi connectivity index (χ1n) is 5.33. The number of aromatic nitrogens is 4. The Kier molecular flexibility index (Phi) is 3.34. The summed E-state index contributed by atoms with van der Waals surface area (Å²) in [6.45, 7) is 3.98. The topological polar surface area (TPSA) is 73.1 Å². The monoisotopic (exact) mass is 234 g/mol. The smallest absolute Gasteiger partial charge is 0.321 e. The molecule has 0 fully saturated rings. The van der Waals surface area contributed by atoms with Gasteiger partial charge in [0.2, 0.25) is 0 Å². The van der Waals surface area contributed by atoms with E-state index in [1.807, 2.05) is 13.8 Å². The van der Waals surface area contributed by atoms with E-state index in [2.05, 4.69) is 15.1 Å². The lowest BCUT2D eigenvalue weighted by Gasteiger charge is -2.03. The summed E-state index contributed by atoms with van der Waals surface area (Å²) < 4.78 is 7.21. The van der Waals surface area contributed by atoms with Crippen molar-refractivity contribution in [2.24, 2.45) is 0 Å². The van der Waals surface area contributed by atoms with Gasteiger partial charge in [-0.15, -0.1) is 0 Å². The largest absolute Gasteiger partial charge is 0.421 e. The molecule has 0 aromatic carbocycles. The summed E-state index contributed by atoms with van der Waals surface area (Å²) in [7, 11) is 0. The lowest BCUT2D eigenvalue weighted by atomic mass is 10.4. The molecule has 0 radical (unpaired) electrons. The van der Waals surface area contributed by atoms with Gasteiger partial charge in [-0.3, -0.25) is 4.68 Å². The molecule has 2 aromatic rings. The van der Waals surface area contributed by atoms with Crippen molar-refractivity contribution in [1.82, 2.24) is 19.7 Å². The number of hydrogen-bond acceptors (Lipinski definition) is 5. The molecule has 0 spiro atoms. The second-order valence-corrected chi connectivity index (χ2v) is 3.88. The van der Waals surface area contributed by atoms with Crippen LogP contribution in [-0.2, 0) is 6.61 Å². The molecule has 0 aliphatic carbocycles. The predicted molar refractivity (Wildman–Crippen MR) is 60.6 cm³/mol. The molecule has 2 aromatic heterocycles. The summed E-state index contributed by atoms with van der Waals surface area (Å²) >= 11 is 0. The molecular formula is C11H14N4O2. The van der Waals surface area contributed by atoms with E-state index >= 15 is 0 Å². The minimum absolute atomic E-state index is 0.0778. The standard InChI is InChI=1S/C11H14N4O2/c1-8(2)15-6-10(5-14-15)17-11-12-3-9(7-16)4-13-11/h3-6,8,16H,7H2,1-2H3. The van der Waals surface area contributed by atoms with Crippen LogP contribution in [0.25, 0.3) is 0 Å². The fraction of sp³-hybridized carbons (Fsp3) is 0.364. The van der Waals surface area contributed by atoms with Gasteiger partial charge in [0.1, 0.15) is 0 Å². The summed E-state index contributed by atoms with van der Waals surface area (Å²) in [5.41, 5.74) is 0.648. The second kappa shape index (κ2) is 4.92. The zero-order chi connectivity index (χ0) is 12.3. The summed E-state index contributed by atoms with van der Waals surface area (Å²) in [6.07, 6.45) is 6.45.